The average molecular weight is 443 g/mol. The van der Waals surface area contributed by atoms with Crippen molar-refractivity contribution in [3.05, 3.63) is 99.1 Å². The molecule has 0 saturated carbocycles. The Labute approximate surface area is 190 Å². The van der Waals surface area contributed by atoms with Crippen LogP contribution in [0.2, 0.25) is 0 Å². The number of amides is 1. The highest BCUT2D eigenvalue weighted by Gasteiger charge is 2.19. The number of nitrogens with zero attached hydrogens (tertiary/aromatic N) is 2. The molecule has 1 N–H and O–H groups in total. The number of nitrogens with one attached hydrogen (secondary N) is 1. The molecule has 3 aromatic rings. The van der Waals surface area contributed by atoms with Crippen molar-refractivity contribution in [3.8, 4) is 11.8 Å². The van der Waals surface area contributed by atoms with E-state index in [1.807, 2.05) is 0 Å². The van der Waals surface area contributed by atoms with Crippen LogP contribution < -0.4 is 10.2 Å². The Morgan fingerprint density at radius 1 is 0.939 bits per heavy atom. The second kappa shape index (κ2) is 10.1. The molecule has 33 heavy (non-hydrogen) atoms. The van der Waals surface area contributed by atoms with Crippen LogP contribution in [-0.2, 0) is 4.74 Å². The van der Waals surface area contributed by atoms with Crippen molar-refractivity contribution in [1.82, 2.24) is 0 Å². The highest BCUT2D eigenvalue weighted by atomic mass is 16.6. The zero-order valence-electron chi connectivity index (χ0n) is 18.3. The summed E-state index contributed by atoms with van der Waals surface area (Å²) in [6.45, 7) is 0. The summed E-state index contributed by atoms with van der Waals surface area (Å²) in [5.41, 5.74) is 2.61. The maximum absolute atomic E-state index is 12.7. The molecule has 0 aliphatic rings. The van der Waals surface area contributed by atoms with Crippen molar-refractivity contribution in [2.45, 2.75) is 0 Å². The Hall–Kier alpha value is -4.64. The molecule has 1 amide bonds. The van der Waals surface area contributed by atoms with Crippen LogP contribution in [0.25, 0.3) is 0 Å². The van der Waals surface area contributed by atoms with E-state index in [-0.39, 0.29) is 11.3 Å². The number of nitro benzene ring substituents is 1. The van der Waals surface area contributed by atoms with Gasteiger partial charge in [0.05, 0.1) is 17.6 Å². The molecule has 0 saturated heterocycles. The molecule has 8 heteroatoms. The lowest BCUT2D eigenvalue weighted by molar-refractivity contribution is -0.384. The summed E-state index contributed by atoms with van der Waals surface area (Å²) in [4.78, 5) is 36.8. The molecule has 3 aromatic carbocycles. The predicted octanol–water partition coefficient (Wildman–Crippen LogP) is 4.10. The number of carbonyl (C=O) groups is 2. The highest BCUT2D eigenvalue weighted by molar-refractivity contribution is 6.05. The van der Waals surface area contributed by atoms with Crippen LogP contribution >= 0.6 is 0 Å². The zero-order valence-corrected chi connectivity index (χ0v) is 18.3. The number of esters is 1. The minimum Gasteiger partial charge on any atom is -0.465 e. The van der Waals surface area contributed by atoms with Gasteiger partial charge in [0.15, 0.2) is 0 Å². The molecular formula is C25H21N3O5. The third kappa shape index (κ3) is 5.74. The number of carbonyl (C=O) groups excluding carboxylic acids is 2. The minimum atomic E-state index is -0.516. The van der Waals surface area contributed by atoms with Gasteiger partial charge in [0.1, 0.15) is 5.69 Å². The number of benzene rings is 3. The van der Waals surface area contributed by atoms with Crippen molar-refractivity contribution in [3.63, 3.8) is 0 Å². The summed E-state index contributed by atoms with van der Waals surface area (Å²) in [6, 6.07) is 18.0. The van der Waals surface area contributed by atoms with Gasteiger partial charge in [-0.05, 0) is 48.5 Å². The number of anilines is 2. The Morgan fingerprint density at radius 3 is 2.24 bits per heavy atom. The second-order valence-electron chi connectivity index (χ2n) is 7.21. The summed E-state index contributed by atoms with van der Waals surface area (Å²) >= 11 is 0. The number of nitro groups is 1. The molecule has 166 valence electrons. The van der Waals surface area contributed by atoms with Crippen molar-refractivity contribution in [2.24, 2.45) is 0 Å². The summed E-state index contributed by atoms with van der Waals surface area (Å²) in [5, 5.41) is 14.1. The third-order valence-corrected chi connectivity index (χ3v) is 4.67. The Balaban J connectivity index is 1.80. The van der Waals surface area contributed by atoms with Crippen molar-refractivity contribution >= 4 is 28.9 Å². The van der Waals surface area contributed by atoms with Gasteiger partial charge in [0.2, 0.25) is 0 Å². The molecule has 0 radical (unpaired) electrons. The van der Waals surface area contributed by atoms with E-state index in [1.165, 1.54) is 25.3 Å². The van der Waals surface area contributed by atoms with Crippen LogP contribution in [0.4, 0.5) is 17.1 Å². The Kier molecular flexibility index (Phi) is 7.06. The smallest absolute Gasteiger partial charge is 0.337 e. The first-order chi connectivity index (χ1) is 15.8. The van der Waals surface area contributed by atoms with E-state index in [4.69, 9.17) is 4.74 Å². The topological polar surface area (TPSA) is 102 Å². The molecule has 3 rings (SSSR count). The molecule has 0 spiro atoms. The maximum Gasteiger partial charge on any atom is 0.337 e. The minimum absolute atomic E-state index is 0.151. The molecule has 0 atom stereocenters. The fourth-order valence-corrected chi connectivity index (χ4v) is 3.05. The first-order valence-corrected chi connectivity index (χ1v) is 9.86. The van der Waals surface area contributed by atoms with E-state index in [2.05, 4.69) is 17.2 Å². The Morgan fingerprint density at radius 2 is 1.61 bits per heavy atom. The molecule has 0 aromatic heterocycles. The number of rotatable bonds is 5. The summed E-state index contributed by atoms with van der Waals surface area (Å²) in [6.07, 6.45) is 0. The van der Waals surface area contributed by atoms with Gasteiger partial charge >= 0.3 is 5.97 Å². The van der Waals surface area contributed by atoms with Crippen molar-refractivity contribution < 1.29 is 19.2 Å². The SMILES string of the molecule is COC(=O)c1cccc(C#Cc2cccc(NC(=O)c3ccc(N(C)C)c([N+](=O)[O-])c3)c2)c1. The molecule has 0 unspecified atom stereocenters. The van der Waals surface area contributed by atoms with Crippen molar-refractivity contribution in [1.29, 1.82) is 0 Å². The van der Waals surface area contributed by atoms with Gasteiger partial charge in [0, 0.05) is 42.5 Å². The molecule has 0 bridgehead atoms. The second-order valence-corrected chi connectivity index (χ2v) is 7.21. The van der Waals surface area contributed by atoms with Gasteiger partial charge in [-0.15, -0.1) is 0 Å². The van der Waals surface area contributed by atoms with Crippen LogP contribution in [0, 0.1) is 22.0 Å². The fraction of sp³-hybridized carbons (Fsp3) is 0.120. The average Bonchev–Trinajstić information content (AvgIpc) is 2.82. The lowest BCUT2D eigenvalue weighted by atomic mass is 10.1. The first-order valence-electron chi connectivity index (χ1n) is 9.86. The van der Waals surface area contributed by atoms with Gasteiger partial charge in [0.25, 0.3) is 11.6 Å². The predicted molar refractivity (Wildman–Crippen MR) is 126 cm³/mol. The third-order valence-electron chi connectivity index (χ3n) is 4.67. The van der Waals surface area contributed by atoms with E-state index >= 15 is 0 Å². The van der Waals surface area contributed by atoms with Crippen LogP contribution in [0.3, 0.4) is 0 Å². The van der Waals surface area contributed by atoms with Crippen LogP contribution in [0.15, 0.2) is 66.7 Å². The highest BCUT2D eigenvalue weighted by Crippen LogP contribution is 2.28. The first kappa shape index (κ1) is 23.0. The van der Waals surface area contributed by atoms with Crippen LogP contribution in [0.5, 0.6) is 0 Å². The van der Waals surface area contributed by atoms with Gasteiger partial charge in [-0.25, -0.2) is 4.79 Å². The zero-order chi connectivity index (χ0) is 24.0. The number of hydrogen-bond acceptors (Lipinski definition) is 6. The Bertz CT molecular complexity index is 1290. The fourth-order valence-electron chi connectivity index (χ4n) is 3.05. The summed E-state index contributed by atoms with van der Waals surface area (Å²) in [5.74, 6) is 5.06. The van der Waals surface area contributed by atoms with E-state index < -0.39 is 16.8 Å². The molecule has 0 aliphatic carbocycles. The normalized spacial score (nSPS) is 9.91. The van der Waals surface area contributed by atoms with E-state index in [1.54, 1.807) is 67.5 Å². The summed E-state index contributed by atoms with van der Waals surface area (Å²) < 4.78 is 4.71. The monoisotopic (exact) mass is 443 g/mol. The molecular weight excluding hydrogens is 422 g/mol. The van der Waals surface area contributed by atoms with E-state index in [0.717, 1.165) is 0 Å². The number of methoxy groups -OCH3 is 1. The summed E-state index contributed by atoms with van der Waals surface area (Å²) in [7, 11) is 4.70. The lowest BCUT2D eigenvalue weighted by Gasteiger charge is -2.13. The quantitative estimate of drug-likeness (QED) is 0.276. The van der Waals surface area contributed by atoms with Gasteiger partial charge in [-0.2, -0.15) is 0 Å². The van der Waals surface area contributed by atoms with Crippen molar-refractivity contribution in [2.75, 3.05) is 31.4 Å². The standard InChI is InChI=1S/C25H21N3O5/c1-27(2)22-13-12-19(16-23(22)28(31)32)24(29)26-21-9-5-7-18(15-21)11-10-17-6-4-8-20(14-17)25(30)33-3/h4-9,12-16H,1-3H3,(H,26,29). The van der Waals surface area contributed by atoms with E-state index in [9.17, 15) is 19.7 Å². The number of hydrogen-bond donors (Lipinski definition) is 1. The number of ether oxygens (including phenoxy) is 1. The lowest BCUT2D eigenvalue weighted by Crippen LogP contribution is -2.15. The van der Waals surface area contributed by atoms with Gasteiger partial charge in [-0.1, -0.05) is 24.0 Å². The molecule has 8 nitrogen and oxygen atoms in total. The maximum atomic E-state index is 12.7. The van der Waals surface area contributed by atoms with Crippen LogP contribution in [-0.4, -0.2) is 38.0 Å². The van der Waals surface area contributed by atoms with Crippen LogP contribution in [0.1, 0.15) is 31.8 Å². The van der Waals surface area contributed by atoms with Gasteiger partial charge < -0.3 is 15.0 Å². The largest absolute Gasteiger partial charge is 0.465 e. The molecule has 0 fully saturated rings. The molecule has 0 heterocycles. The molecule has 0 aliphatic heterocycles. The van der Waals surface area contributed by atoms with Gasteiger partial charge in [-0.3, -0.25) is 14.9 Å². The van der Waals surface area contributed by atoms with E-state index in [0.29, 0.717) is 28.1 Å².